The van der Waals surface area contributed by atoms with E-state index in [1.54, 1.807) is 0 Å². The third-order valence-electron chi connectivity index (χ3n) is 3.96. The number of hydrogen-bond acceptors (Lipinski definition) is 5. The van der Waals surface area contributed by atoms with Gasteiger partial charge in [-0.25, -0.2) is 4.79 Å². The first-order chi connectivity index (χ1) is 12.9. The molecule has 3 atom stereocenters. The average Bonchev–Trinajstić information content (AvgIpc) is 2.55. The van der Waals surface area contributed by atoms with Crippen molar-refractivity contribution >= 4 is 23.7 Å². The monoisotopic (exact) mass is 627 g/mol. The number of nitrogens with zero attached hydrogens (tertiary/aromatic N) is 1. The Morgan fingerprint density at radius 2 is 1.45 bits per heavy atom. The van der Waals surface area contributed by atoms with Gasteiger partial charge in [0, 0.05) is 50.6 Å². The molecule has 0 fully saturated rings. The van der Waals surface area contributed by atoms with E-state index >= 15 is 0 Å². The van der Waals surface area contributed by atoms with Gasteiger partial charge in [-0.1, -0.05) is 27.7 Å². The number of aliphatic imine (C=N–C) groups is 1. The molecule has 0 aliphatic rings. The van der Waals surface area contributed by atoms with Gasteiger partial charge in [-0.15, -0.1) is 0 Å². The molecule has 0 saturated carbocycles. The molecule has 11 heteroatoms. The van der Waals surface area contributed by atoms with Gasteiger partial charge in [-0.3, -0.25) is 14.6 Å². The summed E-state index contributed by atoms with van der Waals surface area (Å²) in [6.07, 6.45) is 1.40. The van der Waals surface area contributed by atoms with E-state index < -0.39 is 35.9 Å². The number of carbonyl (C=O) groups is 3. The van der Waals surface area contributed by atoms with Crippen molar-refractivity contribution in [2.45, 2.75) is 71.5 Å². The molecule has 0 spiro atoms. The van der Waals surface area contributed by atoms with Crippen molar-refractivity contribution in [1.29, 1.82) is 0 Å². The molecule has 0 bridgehead atoms. The fraction of sp³-hybridized carbons (Fsp3) is 0.778. The van der Waals surface area contributed by atoms with E-state index in [0.29, 0.717) is 19.3 Å². The van der Waals surface area contributed by atoms with Crippen LogP contribution in [-0.4, -0.2) is 53.5 Å². The molecule has 1 radical (unpaired) electrons. The second-order valence-electron chi connectivity index (χ2n) is 7.77. The maximum absolute atomic E-state index is 12.6. The molecule has 165 valence electrons. The normalized spacial score (nSPS) is 13.8. The first kappa shape index (κ1) is 30.3. The number of amides is 2. The molecule has 0 aliphatic heterocycles. The smallest absolute Gasteiger partial charge is 0.326 e. The summed E-state index contributed by atoms with van der Waals surface area (Å²) >= 11 is 0. The van der Waals surface area contributed by atoms with E-state index in [0.717, 1.165) is 0 Å². The summed E-state index contributed by atoms with van der Waals surface area (Å²) in [6, 6.07) is -2.68. The van der Waals surface area contributed by atoms with Crippen LogP contribution in [0.3, 0.4) is 0 Å². The molecule has 0 heterocycles. The molecule has 0 unspecified atom stereocenters. The predicted octanol–water partition coefficient (Wildman–Crippen LogP) is -0.486. The summed E-state index contributed by atoms with van der Waals surface area (Å²) in [4.78, 5) is 40.2. The second kappa shape index (κ2) is 15.9. The third-order valence-corrected chi connectivity index (χ3v) is 3.96. The summed E-state index contributed by atoms with van der Waals surface area (Å²) in [7, 11) is 0. The Morgan fingerprint density at radius 3 is 1.90 bits per heavy atom. The maximum atomic E-state index is 12.6. The van der Waals surface area contributed by atoms with E-state index in [-0.39, 0.29) is 74.8 Å². The topological polar surface area (TPSA) is 186 Å². The third kappa shape index (κ3) is 14.7. The number of carbonyl (C=O) groups excluding carboxylic acids is 2. The zero-order chi connectivity index (χ0) is 21.9. The molecule has 0 aliphatic carbocycles. The maximum Gasteiger partial charge on any atom is 0.326 e. The Bertz CT molecular complexity index is 552. The molecule has 0 aromatic rings. The van der Waals surface area contributed by atoms with Gasteiger partial charge in [0.2, 0.25) is 11.8 Å². The first-order valence-electron chi connectivity index (χ1n) is 9.58. The Morgan fingerprint density at radius 1 is 0.931 bits per heavy atom. The van der Waals surface area contributed by atoms with Crippen LogP contribution in [0, 0.1) is 55.9 Å². The summed E-state index contributed by atoms with van der Waals surface area (Å²) < 4.78 is 0. The van der Waals surface area contributed by atoms with Gasteiger partial charge in [0.15, 0.2) is 5.96 Å². The van der Waals surface area contributed by atoms with Crippen molar-refractivity contribution in [3.63, 3.8) is 0 Å². The van der Waals surface area contributed by atoms with E-state index in [1.165, 1.54) is 0 Å². The zero-order valence-corrected chi connectivity index (χ0v) is 22.6. The van der Waals surface area contributed by atoms with Crippen LogP contribution in [0.5, 0.6) is 0 Å². The van der Waals surface area contributed by atoms with Crippen molar-refractivity contribution in [2.75, 3.05) is 6.54 Å². The van der Waals surface area contributed by atoms with Crippen molar-refractivity contribution < 1.29 is 63.6 Å². The Hall–Kier alpha value is -0.918. The van der Waals surface area contributed by atoms with Crippen molar-refractivity contribution in [3.8, 4) is 0 Å². The SMILES string of the molecule is CC(C)C[C@H](NC(=O)[C@@H](N)CC(C)C)C(=O)N[C@@H](CCCN=C(N)N)C(=O)O.[Ac]. The number of aliphatic carboxylic acids is 1. The molecule has 0 aromatic heterocycles. The van der Waals surface area contributed by atoms with Crippen LogP contribution in [0.25, 0.3) is 0 Å². The van der Waals surface area contributed by atoms with Gasteiger partial charge in [0.25, 0.3) is 0 Å². The number of carboxylic acids is 1. The van der Waals surface area contributed by atoms with Gasteiger partial charge in [0.1, 0.15) is 12.1 Å². The molecule has 29 heavy (non-hydrogen) atoms. The van der Waals surface area contributed by atoms with Crippen LogP contribution in [-0.2, 0) is 14.4 Å². The van der Waals surface area contributed by atoms with Gasteiger partial charge >= 0.3 is 5.97 Å². The van der Waals surface area contributed by atoms with Gasteiger partial charge in [0.05, 0.1) is 6.04 Å². The van der Waals surface area contributed by atoms with Crippen LogP contribution in [0.1, 0.15) is 53.4 Å². The van der Waals surface area contributed by atoms with Gasteiger partial charge in [-0.2, -0.15) is 0 Å². The minimum absolute atomic E-state index is 0. The quantitative estimate of drug-likeness (QED) is 0.0904. The standard InChI is InChI=1S/C18H36N6O4.Ac/c1-10(2)8-12(19)15(25)24-14(9-11(3)4)16(26)23-13(17(27)28)6-5-7-22-18(20)21;/h10-14H,5-9,19H2,1-4H3,(H,23,26)(H,24,25)(H,27,28)(H4,20,21,22);/t12-,13-,14-;/m0./s1. The molecule has 10 nitrogen and oxygen atoms in total. The number of carboxylic acid groups (broad SMARTS) is 1. The Kier molecular flexibility index (Phi) is 16.6. The summed E-state index contributed by atoms with van der Waals surface area (Å²) in [5.74, 6) is -1.86. The fourth-order valence-corrected chi connectivity index (χ4v) is 2.63. The summed E-state index contributed by atoms with van der Waals surface area (Å²) in [5, 5.41) is 14.5. The zero-order valence-electron chi connectivity index (χ0n) is 17.9. The molecule has 0 aromatic carbocycles. The molecule has 0 saturated heterocycles. The van der Waals surface area contributed by atoms with E-state index in [1.807, 2.05) is 27.7 Å². The summed E-state index contributed by atoms with van der Waals surface area (Å²) in [6.45, 7) is 7.98. The largest absolute Gasteiger partial charge is 0.480 e. The number of nitrogens with two attached hydrogens (primary N) is 3. The van der Waals surface area contributed by atoms with Crippen molar-refractivity contribution in [1.82, 2.24) is 10.6 Å². The minimum Gasteiger partial charge on any atom is -0.480 e. The van der Waals surface area contributed by atoms with Crippen LogP contribution in [0.15, 0.2) is 4.99 Å². The van der Waals surface area contributed by atoms with Gasteiger partial charge in [-0.05, 0) is 37.5 Å². The fourth-order valence-electron chi connectivity index (χ4n) is 2.63. The van der Waals surface area contributed by atoms with E-state index in [4.69, 9.17) is 17.2 Å². The van der Waals surface area contributed by atoms with Gasteiger partial charge < -0.3 is 32.9 Å². The first-order valence-corrected chi connectivity index (χ1v) is 9.58. The number of guanidine groups is 1. The molecule has 9 N–H and O–H groups in total. The van der Waals surface area contributed by atoms with Crippen LogP contribution in [0.2, 0.25) is 0 Å². The predicted molar refractivity (Wildman–Crippen MR) is 108 cm³/mol. The Labute approximate surface area is 208 Å². The van der Waals surface area contributed by atoms with Crippen LogP contribution < -0.4 is 27.8 Å². The molecular formula is C18H36AcN6O4. The number of rotatable bonds is 13. The van der Waals surface area contributed by atoms with E-state index in [9.17, 15) is 19.5 Å². The van der Waals surface area contributed by atoms with Crippen molar-refractivity contribution in [3.05, 3.63) is 0 Å². The Balaban J connectivity index is 0. The van der Waals surface area contributed by atoms with Crippen molar-refractivity contribution in [2.24, 2.45) is 34.0 Å². The van der Waals surface area contributed by atoms with E-state index in [2.05, 4.69) is 15.6 Å². The average molecular weight is 628 g/mol. The second-order valence-corrected chi connectivity index (χ2v) is 7.77. The number of nitrogens with one attached hydrogen (secondary N) is 2. The molecule has 2 amide bonds. The van der Waals surface area contributed by atoms with Crippen LogP contribution in [0.4, 0.5) is 0 Å². The molecular weight excluding hydrogens is 591 g/mol. The van der Waals surface area contributed by atoms with Crippen LogP contribution >= 0.6 is 0 Å². The molecule has 0 rings (SSSR count). The number of hydrogen-bond donors (Lipinski definition) is 6. The minimum atomic E-state index is -1.16. The summed E-state index contributed by atoms with van der Waals surface area (Å²) in [5.41, 5.74) is 16.3.